The van der Waals surface area contributed by atoms with Crippen LogP contribution in [0, 0.1) is 0 Å². The highest BCUT2D eigenvalue weighted by atomic mass is 16.5. The summed E-state index contributed by atoms with van der Waals surface area (Å²) in [5, 5.41) is 3.04. The molecule has 1 aliphatic rings. The molecule has 5 nitrogen and oxygen atoms in total. The average Bonchev–Trinajstić information content (AvgIpc) is 2.63. The van der Waals surface area contributed by atoms with Gasteiger partial charge in [-0.1, -0.05) is 30.3 Å². The lowest BCUT2D eigenvalue weighted by Crippen LogP contribution is -2.49. The Bertz CT molecular complexity index is 674. The molecular weight excluding hydrogens is 306 g/mol. The van der Waals surface area contributed by atoms with Gasteiger partial charge in [-0.25, -0.2) is 0 Å². The van der Waals surface area contributed by atoms with Crippen molar-refractivity contribution in [1.29, 1.82) is 0 Å². The molecular formula is C19H21NO4. The van der Waals surface area contributed by atoms with Crippen LogP contribution in [-0.4, -0.2) is 38.4 Å². The van der Waals surface area contributed by atoms with Crippen LogP contribution in [0.3, 0.4) is 0 Å². The van der Waals surface area contributed by atoms with Crippen molar-refractivity contribution in [3.63, 3.8) is 0 Å². The molecule has 1 aliphatic heterocycles. The molecule has 0 aromatic heterocycles. The number of hydrogen-bond acceptors (Lipinski definition) is 4. The fourth-order valence-electron chi connectivity index (χ4n) is 2.71. The lowest BCUT2D eigenvalue weighted by atomic mass is 10.0. The molecule has 0 unspecified atom stereocenters. The fraction of sp³-hybridized carbons (Fsp3) is 0.316. The van der Waals surface area contributed by atoms with Crippen LogP contribution in [-0.2, 0) is 9.47 Å². The van der Waals surface area contributed by atoms with E-state index >= 15 is 0 Å². The molecule has 3 rings (SSSR count). The molecule has 0 saturated carbocycles. The van der Waals surface area contributed by atoms with E-state index in [2.05, 4.69) is 5.32 Å². The Hall–Kier alpha value is -2.37. The van der Waals surface area contributed by atoms with Crippen molar-refractivity contribution >= 4 is 5.91 Å². The maximum Gasteiger partial charge on any atom is 0.255 e. The predicted molar refractivity (Wildman–Crippen MR) is 90.4 cm³/mol. The van der Waals surface area contributed by atoms with Gasteiger partial charge >= 0.3 is 0 Å². The zero-order valence-electron chi connectivity index (χ0n) is 13.6. The number of amides is 1. The summed E-state index contributed by atoms with van der Waals surface area (Å²) in [6, 6.07) is 16.6. The van der Waals surface area contributed by atoms with Gasteiger partial charge in [0.05, 0.1) is 18.2 Å². The van der Waals surface area contributed by atoms with Crippen molar-refractivity contribution in [2.75, 3.05) is 20.3 Å². The quantitative estimate of drug-likeness (QED) is 0.917. The predicted octanol–water partition coefficient (Wildman–Crippen LogP) is 3.01. The van der Waals surface area contributed by atoms with E-state index < -0.39 is 0 Å². The van der Waals surface area contributed by atoms with Gasteiger partial charge in [0.2, 0.25) is 0 Å². The van der Waals surface area contributed by atoms with Crippen molar-refractivity contribution in [3.05, 3.63) is 60.2 Å². The molecule has 1 saturated heterocycles. The van der Waals surface area contributed by atoms with Crippen molar-refractivity contribution < 1.29 is 19.0 Å². The van der Waals surface area contributed by atoms with Crippen LogP contribution < -0.4 is 10.1 Å². The number of carbonyl (C=O) groups excluding carboxylic acids is 1. The van der Waals surface area contributed by atoms with Gasteiger partial charge in [-0.15, -0.1) is 0 Å². The van der Waals surface area contributed by atoms with E-state index in [9.17, 15) is 4.79 Å². The number of carbonyl (C=O) groups is 1. The summed E-state index contributed by atoms with van der Waals surface area (Å²) < 4.78 is 16.6. The maximum atomic E-state index is 12.7. The van der Waals surface area contributed by atoms with Crippen LogP contribution >= 0.6 is 0 Å². The third-order valence-electron chi connectivity index (χ3n) is 4.03. The smallest absolute Gasteiger partial charge is 0.255 e. The molecule has 2 atom stereocenters. The molecule has 126 valence electrons. The Kier molecular flexibility index (Phi) is 5.46. The zero-order valence-corrected chi connectivity index (χ0v) is 13.6. The number of benzene rings is 2. The first kappa shape index (κ1) is 16.5. The third-order valence-corrected chi connectivity index (χ3v) is 4.03. The first-order valence-electron chi connectivity index (χ1n) is 8.01. The second-order valence-electron chi connectivity index (χ2n) is 5.63. The van der Waals surface area contributed by atoms with Gasteiger partial charge in [-0.3, -0.25) is 4.79 Å². The minimum atomic E-state index is -0.171. The van der Waals surface area contributed by atoms with E-state index in [4.69, 9.17) is 14.2 Å². The molecule has 0 spiro atoms. The Balaban J connectivity index is 1.75. The lowest BCUT2D eigenvalue weighted by molar-refractivity contribution is -0.0479. The molecule has 1 amide bonds. The van der Waals surface area contributed by atoms with Crippen molar-refractivity contribution in [3.8, 4) is 11.5 Å². The van der Waals surface area contributed by atoms with Crippen LogP contribution in [0.15, 0.2) is 54.6 Å². The van der Waals surface area contributed by atoms with Crippen LogP contribution in [0.25, 0.3) is 0 Å². The largest absolute Gasteiger partial charge is 0.457 e. The summed E-state index contributed by atoms with van der Waals surface area (Å²) in [6.07, 6.45) is 0.594. The molecule has 0 bridgehead atoms. The molecule has 1 N–H and O–H groups in total. The van der Waals surface area contributed by atoms with Gasteiger partial charge in [0.1, 0.15) is 17.6 Å². The number of ether oxygens (including phenoxy) is 3. The monoisotopic (exact) mass is 327 g/mol. The Morgan fingerprint density at radius 3 is 2.67 bits per heavy atom. The maximum absolute atomic E-state index is 12.7. The highest BCUT2D eigenvalue weighted by molar-refractivity contribution is 5.97. The Morgan fingerprint density at radius 2 is 1.88 bits per heavy atom. The standard InChI is InChI=1S/C19H21NO4/c1-22-18-13-23-12-11-16(18)20-19(21)15-9-5-6-10-17(15)24-14-7-3-2-4-8-14/h2-10,16,18H,11-13H2,1H3,(H,20,21)/t16-,18-/m1/s1. The van der Waals surface area contributed by atoms with Gasteiger partial charge in [0.15, 0.2) is 0 Å². The first-order valence-corrected chi connectivity index (χ1v) is 8.01. The first-order chi connectivity index (χ1) is 11.8. The van der Waals surface area contributed by atoms with Gasteiger partial charge in [0.25, 0.3) is 5.91 Å². The van der Waals surface area contributed by atoms with Crippen molar-refractivity contribution in [2.45, 2.75) is 18.6 Å². The highest BCUT2D eigenvalue weighted by Gasteiger charge is 2.28. The Morgan fingerprint density at radius 1 is 1.12 bits per heavy atom. The van der Waals surface area contributed by atoms with Crippen LogP contribution in [0.1, 0.15) is 16.8 Å². The molecule has 5 heteroatoms. The summed E-state index contributed by atoms with van der Waals surface area (Å²) in [4.78, 5) is 12.7. The van der Waals surface area contributed by atoms with Gasteiger partial charge in [0, 0.05) is 13.7 Å². The lowest BCUT2D eigenvalue weighted by Gasteiger charge is -2.31. The third kappa shape index (κ3) is 3.93. The van der Waals surface area contributed by atoms with Gasteiger partial charge < -0.3 is 19.5 Å². The number of rotatable bonds is 5. The summed E-state index contributed by atoms with van der Waals surface area (Å²) >= 11 is 0. The van der Waals surface area contributed by atoms with Gasteiger partial charge in [-0.05, 0) is 30.7 Å². The molecule has 24 heavy (non-hydrogen) atoms. The molecule has 2 aromatic carbocycles. The molecule has 1 heterocycles. The van der Waals surface area contributed by atoms with E-state index in [-0.39, 0.29) is 18.1 Å². The normalized spacial score (nSPS) is 20.4. The Labute approximate surface area is 141 Å². The minimum absolute atomic E-state index is 0.0685. The summed E-state index contributed by atoms with van der Waals surface area (Å²) in [7, 11) is 1.63. The van der Waals surface area contributed by atoms with E-state index in [1.54, 1.807) is 19.2 Å². The topological polar surface area (TPSA) is 56.8 Å². The second-order valence-corrected chi connectivity index (χ2v) is 5.63. The highest BCUT2D eigenvalue weighted by Crippen LogP contribution is 2.25. The number of para-hydroxylation sites is 2. The average molecular weight is 327 g/mol. The van der Waals surface area contributed by atoms with Crippen molar-refractivity contribution in [1.82, 2.24) is 5.32 Å². The second kappa shape index (κ2) is 7.95. The molecule has 0 aliphatic carbocycles. The molecule has 0 radical (unpaired) electrons. The van der Waals surface area contributed by atoms with E-state index in [0.29, 0.717) is 30.3 Å². The summed E-state index contributed by atoms with van der Waals surface area (Å²) in [5.74, 6) is 1.05. The van der Waals surface area contributed by atoms with E-state index in [0.717, 1.165) is 6.42 Å². The van der Waals surface area contributed by atoms with Crippen LogP contribution in [0.4, 0.5) is 0 Å². The van der Waals surface area contributed by atoms with Crippen LogP contribution in [0.2, 0.25) is 0 Å². The van der Waals surface area contributed by atoms with Crippen molar-refractivity contribution in [2.24, 2.45) is 0 Å². The molecule has 2 aromatic rings. The van der Waals surface area contributed by atoms with Gasteiger partial charge in [-0.2, -0.15) is 0 Å². The number of methoxy groups -OCH3 is 1. The van der Waals surface area contributed by atoms with Crippen LogP contribution in [0.5, 0.6) is 11.5 Å². The summed E-state index contributed by atoms with van der Waals surface area (Å²) in [6.45, 7) is 1.11. The molecule has 1 fully saturated rings. The number of nitrogens with one attached hydrogen (secondary N) is 1. The SMILES string of the molecule is CO[C@@H]1COCC[C@H]1NC(=O)c1ccccc1Oc1ccccc1. The number of hydrogen-bond donors (Lipinski definition) is 1. The summed E-state index contributed by atoms with van der Waals surface area (Å²) in [5.41, 5.74) is 0.502. The zero-order chi connectivity index (χ0) is 16.8. The fourth-order valence-corrected chi connectivity index (χ4v) is 2.71. The van der Waals surface area contributed by atoms with E-state index in [1.807, 2.05) is 42.5 Å². The minimum Gasteiger partial charge on any atom is -0.457 e. The van der Waals surface area contributed by atoms with E-state index in [1.165, 1.54) is 0 Å².